The monoisotopic (exact) mass is 332 g/mol. The van der Waals surface area contributed by atoms with Crippen molar-refractivity contribution in [3.8, 4) is 5.75 Å². The van der Waals surface area contributed by atoms with Crippen molar-refractivity contribution in [2.24, 2.45) is 5.92 Å². The number of imide groups is 1. The fourth-order valence-corrected chi connectivity index (χ4v) is 3.07. The molecule has 1 aromatic carbocycles. The molecule has 3 rings (SSSR count). The van der Waals surface area contributed by atoms with E-state index in [1.54, 1.807) is 12.1 Å². The predicted octanol–water partition coefficient (Wildman–Crippen LogP) is 1.17. The number of nitrogens with one attached hydrogen (secondary N) is 1. The Hall–Kier alpha value is -2.57. The summed E-state index contributed by atoms with van der Waals surface area (Å²) in [6, 6.07) is 7.40. The Kier molecular flexibility index (Phi) is 4.69. The molecule has 0 aliphatic carbocycles. The van der Waals surface area contributed by atoms with Gasteiger partial charge in [0.1, 0.15) is 5.75 Å². The van der Waals surface area contributed by atoms with Crippen molar-refractivity contribution >= 4 is 23.5 Å². The van der Waals surface area contributed by atoms with E-state index in [1.165, 1.54) is 0 Å². The number of amides is 2. The number of hydrogen-bond donors (Lipinski definition) is 2. The van der Waals surface area contributed by atoms with Crippen LogP contribution in [0.2, 0.25) is 0 Å². The maximum atomic E-state index is 11.7. The molecule has 2 heterocycles. The summed E-state index contributed by atoms with van der Waals surface area (Å²) in [4.78, 5) is 36.0. The van der Waals surface area contributed by atoms with Crippen molar-refractivity contribution < 1.29 is 24.2 Å². The Bertz CT molecular complexity index is 635. The fourth-order valence-electron chi connectivity index (χ4n) is 3.07. The van der Waals surface area contributed by atoms with E-state index < -0.39 is 18.0 Å². The summed E-state index contributed by atoms with van der Waals surface area (Å²) in [5.41, 5.74) is 1.01. The van der Waals surface area contributed by atoms with Crippen LogP contribution in [0.4, 0.5) is 5.69 Å². The Labute approximate surface area is 139 Å². The van der Waals surface area contributed by atoms with Crippen molar-refractivity contribution in [3.05, 3.63) is 24.3 Å². The number of piperidine rings is 2. The van der Waals surface area contributed by atoms with Crippen LogP contribution in [-0.4, -0.2) is 42.1 Å². The number of benzene rings is 1. The van der Waals surface area contributed by atoms with Crippen LogP contribution in [0.5, 0.6) is 5.75 Å². The first-order valence-electron chi connectivity index (χ1n) is 8.11. The average molecular weight is 332 g/mol. The Morgan fingerprint density at radius 3 is 2.38 bits per heavy atom. The highest BCUT2D eigenvalue weighted by molar-refractivity contribution is 5.99. The summed E-state index contributed by atoms with van der Waals surface area (Å²) in [6.07, 6.45) is 1.32. The van der Waals surface area contributed by atoms with Gasteiger partial charge in [-0.05, 0) is 37.1 Å². The summed E-state index contributed by atoms with van der Waals surface area (Å²) < 4.78 is 5.65. The molecule has 0 radical (unpaired) electrons. The molecule has 1 aromatic rings. The van der Waals surface area contributed by atoms with Crippen LogP contribution in [0.1, 0.15) is 25.7 Å². The number of carbonyl (C=O) groups is 3. The molecule has 0 saturated carbocycles. The lowest BCUT2D eigenvalue weighted by Crippen LogP contribution is -2.46. The first kappa shape index (κ1) is 16.3. The van der Waals surface area contributed by atoms with E-state index in [2.05, 4.69) is 10.2 Å². The van der Waals surface area contributed by atoms with Gasteiger partial charge in [-0.25, -0.2) is 0 Å². The third-order valence-electron chi connectivity index (χ3n) is 4.51. The van der Waals surface area contributed by atoms with Crippen LogP contribution in [0.3, 0.4) is 0 Å². The molecule has 2 N–H and O–H groups in total. The standard InChI is InChI=1S/C17H20N2O5/c20-15-6-5-14(16(21)18-15)24-13-3-1-12(2-4-13)19-9-7-11(8-10-19)17(22)23/h1-4,11,14H,5-10H2,(H,22,23)(H,18,20,21). The van der Waals surface area contributed by atoms with Crippen LogP contribution in [0.25, 0.3) is 0 Å². The topological polar surface area (TPSA) is 95.9 Å². The molecular weight excluding hydrogens is 312 g/mol. The number of ether oxygens (including phenoxy) is 1. The van der Waals surface area contributed by atoms with E-state index >= 15 is 0 Å². The molecule has 0 aromatic heterocycles. The van der Waals surface area contributed by atoms with Crippen molar-refractivity contribution in [1.29, 1.82) is 0 Å². The van der Waals surface area contributed by atoms with Crippen molar-refractivity contribution in [2.45, 2.75) is 31.8 Å². The minimum Gasteiger partial charge on any atom is -0.481 e. The molecule has 2 amide bonds. The summed E-state index contributed by atoms with van der Waals surface area (Å²) in [5, 5.41) is 11.3. The van der Waals surface area contributed by atoms with Crippen molar-refractivity contribution in [1.82, 2.24) is 5.32 Å². The number of rotatable bonds is 4. The Morgan fingerprint density at radius 1 is 1.12 bits per heavy atom. The lowest BCUT2D eigenvalue weighted by Gasteiger charge is -2.32. The van der Waals surface area contributed by atoms with Crippen molar-refractivity contribution in [3.63, 3.8) is 0 Å². The SMILES string of the molecule is O=C1CCC(Oc2ccc(N3CCC(C(=O)O)CC3)cc2)C(=O)N1. The second-order valence-electron chi connectivity index (χ2n) is 6.15. The molecule has 128 valence electrons. The quantitative estimate of drug-likeness (QED) is 0.804. The van der Waals surface area contributed by atoms with Gasteiger partial charge in [0.25, 0.3) is 5.91 Å². The number of hydrogen-bond acceptors (Lipinski definition) is 5. The predicted molar refractivity (Wildman–Crippen MR) is 85.8 cm³/mol. The number of carboxylic acid groups (broad SMARTS) is 1. The van der Waals surface area contributed by atoms with Crippen molar-refractivity contribution in [2.75, 3.05) is 18.0 Å². The van der Waals surface area contributed by atoms with Gasteiger partial charge in [-0.1, -0.05) is 0 Å². The number of anilines is 1. The highest BCUT2D eigenvalue weighted by atomic mass is 16.5. The molecule has 1 unspecified atom stereocenters. The van der Waals surface area contributed by atoms with Gasteiger partial charge in [-0.2, -0.15) is 0 Å². The van der Waals surface area contributed by atoms with Crippen LogP contribution < -0.4 is 15.0 Å². The second kappa shape index (κ2) is 6.90. The third kappa shape index (κ3) is 3.67. The molecule has 7 heteroatoms. The van der Waals surface area contributed by atoms with Gasteiger partial charge in [0.15, 0.2) is 6.10 Å². The molecule has 2 fully saturated rings. The van der Waals surface area contributed by atoms with Crippen LogP contribution >= 0.6 is 0 Å². The van der Waals surface area contributed by atoms with Gasteiger partial charge in [0, 0.05) is 31.6 Å². The lowest BCUT2D eigenvalue weighted by atomic mass is 9.97. The maximum absolute atomic E-state index is 11.7. The van der Waals surface area contributed by atoms with Gasteiger partial charge in [-0.3, -0.25) is 19.7 Å². The first-order chi connectivity index (χ1) is 11.5. The van der Waals surface area contributed by atoms with E-state index in [-0.39, 0.29) is 18.2 Å². The fraction of sp³-hybridized carbons (Fsp3) is 0.471. The third-order valence-corrected chi connectivity index (χ3v) is 4.51. The van der Waals surface area contributed by atoms with E-state index in [4.69, 9.17) is 9.84 Å². The van der Waals surface area contributed by atoms with Gasteiger partial charge in [0.05, 0.1) is 5.92 Å². The first-order valence-corrected chi connectivity index (χ1v) is 8.11. The zero-order valence-electron chi connectivity index (χ0n) is 13.2. The van der Waals surface area contributed by atoms with E-state index in [0.29, 0.717) is 38.1 Å². The molecular formula is C17H20N2O5. The second-order valence-corrected chi connectivity index (χ2v) is 6.15. The number of carboxylic acids is 1. The van der Waals surface area contributed by atoms with E-state index in [9.17, 15) is 14.4 Å². The Balaban J connectivity index is 1.57. The van der Waals surface area contributed by atoms with Gasteiger partial charge in [-0.15, -0.1) is 0 Å². The molecule has 2 aliphatic heterocycles. The maximum Gasteiger partial charge on any atom is 0.306 e. The smallest absolute Gasteiger partial charge is 0.306 e. The number of nitrogens with zero attached hydrogens (tertiary/aromatic N) is 1. The molecule has 1 atom stereocenters. The highest BCUT2D eigenvalue weighted by Crippen LogP contribution is 2.26. The average Bonchev–Trinajstić information content (AvgIpc) is 2.58. The molecule has 2 aliphatic rings. The van der Waals surface area contributed by atoms with Crippen LogP contribution in [-0.2, 0) is 14.4 Å². The number of carbonyl (C=O) groups excluding carboxylic acids is 2. The summed E-state index contributed by atoms with van der Waals surface area (Å²) in [7, 11) is 0. The Morgan fingerprint density at radius 2 is 1.79 bits per heavy atom. The molecule has 24 heavy (non-hydrogen) atoms. The van der Waals surface area contributed by atoms with Crippen LogP contribution in [0.15, 0.2) is 24.3 Å². The van der Waals surface area contributed by atoms with Gasteiger partial charge in [0.2, 0.25) is 5.91 Å². The highest BCUT2D eigenvalue weighted by Gasteiger charge is 2.28. The van der Waals surface area contributed by atoms with Gasteiger partial charge >= 0.3 is 5.97 Å². The summed E-state index contributed by atoms with van der Waals surface area (Å²) in [5.74, 6) is -1.06. The minimum absolute atomic E-state index is 0.253. The van der Waals surface area contributed by atoms with Gasteiger partial charge < -0.3 is 14.7 Å². The minimum atomic E-state index is -0.720. The van der Waals surface area contributed by atoms with E-state index in [1.807, 2.05) is 12.1 Å². The summed E-state index contributed by atoms with van der Waals surface area (Å²) >= 11 is 0. The normalized spacial score (nSPS) is 22.2. The number of aliphatic carboxylic acids is 1. The molecule has 0 bridgehead atoms. The van der Waals surface area contributed by atoms with E-state index in [0.717, 1.165) is 5.69 Å². The lowest BCUT2D eigenvalue weighted by molar-refractivity contribution is -0.142. The van der Waals surface area contributed by atoms with Crippen LogP contribution in [0, 0.1) is 5.92 Å². The molecule has 0 spiro atoms. The zero-order chi connectivity index (χ0) is 17.1. The largest absolute Gasteiger partial charge is 0.481 e. The molecule has 7 nitrogen and oxygen atoms in total. The molecule has 2 saturated heterocycles. The zero-order valence-corrected chi connectivity index (χ0v) is 13.2. The summed E-state index contributed by atoms with van der Waals surface area (Å²) in [6.45, 7) is 1.43.